The summed E-state index contributed by atoms with van der Waals surface area (Å²) in [5.41, 5.74) is 2.32. The van der Waals surface area contributed by atoms with E-state index >= 15 is 0 Å². The lowest BCUT2D eigenvalue weighted by Crippen LogP contribution is -2.45. The van der Waals surface area contributed by atoms with Crippen LogP contribution >= 0.6 is 0 Å². The van der Waals surface area contributed by atoms with E-state index in [1.165, 1.54) is 4.90 Å². The summed E-state index contributed by atoms with van der Waals surface area (Å²) in [5.74, 6) is 0.522. The lowest BCUT2D eigenvalue weighted by Gasteiger charge is -2.34. The van der Waals surface area contributed by atoms with Crippen molar-refractivity contribution < 1.29 is 22.4 Å². The normalized spacial score (nSPS) is 14.4. The average molecular weight is 559 g/mol. The van der Waals surface area contributed by atoms with Gasteiger partial charge in [0.2, 0.25) is 5.91 Å². The Morgan fingerprint density at radius 3 is 2.10 bits per heavy atom. The molecule has 1 aliphatic rings. The highest BCUT2D eigenvalue weighted by atomic mass is 19.4. The van der Waals surface area contributed by atoms with Crippen molar-refractivity contribution in [2.24, 2.45) is 0 Å². The molecule has 40 heavy (non-hydrogen) atoms. The van der Waals surface area contributed by atoms with Crippen LogP contribution in [0.2, 0.25) is 0 Å². The molecular weight excluding hydrogens is 520 g/mol. The highest BCUT2D eigenvalue weighted by molar-refractivity contribution is 6.03. The van der Waals surface area contributed by atoms with Crippen LogP contribution < -0.4 is 9.80 Å². The van der Waals surface area contributed by atoms with Crippen LogP contribution in [-0.4, -0.2) is 63.2 Å². The van der Waals surface area contributed by atoms with Gasteiger partial charge in [-0.05, 0) is 69.6 Å². The van der Waals surface area contributed by atoms with Gasteiger partial charge in [-0.2, -0.15) is 13.2 Å². The number of carbonyl (C=O) groups excluding carboxylic acids is 1. The molecule has 1 aromatic heterocycles. The molecule has 4 rings (SSSR count). The fourth-order valence-corrected chi connectivity index (χ4v) is 4.96. The van der Waals surface area contributed by atoms with E-state index in [0.29, 0.717) is 24.0 Å². The van der Waals surface area contributed by atoms with Crippen LogP contribution in [0.25, 0.3) is 11.1 Å². The van der Waals surface area contributed by atoms with Crippen molar-refractivity contribution in [2.45, 2.75) is 39.3 Å². The second-order valence-electron chi connectivity index (χ2n) is 10.7. The van der Waals surface area contributed by atoms with Gasteiger partial charge in [0, 0.05) is 38.8 Å². The number of pyridine rings is 1. The number of anilines is 2. The van der Waals surface area contributed by atoms with Gasteiger partial charge in [-0.15, -0.1) is 0 Å². The number of hydrogen-bond donors (Lipinski definition) is 0. The van der Waals surface area contributed by atoms with E-state index in [4.69, 9.17) is 4.98 Å². The maximum absolute atomic E-state index is 13.9. The molecular formula is C31H38F4N4O. The van der Waals surface area contributed by atoms with Crippen LogP contribution in [0.1, 0.15) is 36.1 Å². The van der Waals surface area contributed by atoms with Gasteiger partial charge in [-0.1, -0.05) is 35.9 Å². The number of benzene rings is 2. The first kappa shape index (κ1) is 31.1. The molecule has 0 N–H and O–H groups in total. The fraction of sp³-hybridized carbons (Fsp3) is 0.419. The second-order valence-corrected chi connectivity index (χ2v) is 10.7. The Kier molecular flexibility index (Phi) is 9.61. The predicted octanol–water partition coefficient (Wildman–Crippen LogP) is 6.66. The molecule has 9 heteroatoms. The maximum Gasteiger partial charge on any atom is 0.416 e. The van der Waals surface area contributed by atoms with E-state index in [0.717, 1.165) is 60.8 Å². The molecule has 0 spiro atoms. The summed E-state index contributed by atoms with van der Waals surface area (Å²) in [6, 6.07) is 13.8. The van der Waals surface area contributed by atoms with Crippen molar-refractivity contribution in [1.29, 1.82) is 0 Å². The Bertz CT molecular complexity index is 1330. The van der Waals surface area contributed by atoms with Crippen LogP contribution in [0.3, 0.4) is 0 Å². The standard InChI is InChI=1S/C30H35F3N4O.CH3F/c1-20-15-22(17-23(16-20)30(31,32)33)29(3,4)28(38)36(6)26-19-34-27(37-13-11-35(5)12-14-37)18-25(26)24-10-8-7-9-21(24)2;1-2/h7-10,15-19H,11-14H2,1-6H3;1H3. The van der Waals surface area contributed by atoms with Gasteiger partial charge in [0.25, 0.3) is 0 Å². The number of halogens is 4. The Balaban J connectivity index is 0.00000216. The molecule has 5 nitrogen and oxygen atoms in total. The monoisotopic (exact) mass is 558 g/mol. The summed E-state index contributed by atoms with van der Waals surface area (Å²) >= 11 is 0. The zero-order chi connectivity index (χ0) is 29.8. The number of alkyl halides is 4. The fourth-order valence-electron chi connectivity index (χ4n) is 4.96. The number of rotatable bonds is 5. The molecule has 2 aromatic carbocycles. The van der Waals surface area contributed by atoms with Gasteiger partial charge in [-0.3, -0.25) is 9.18 Å². The Labute approximate surface area is 234 Å². The first-order chi connectivity index (χ1) is 18.8. The SMILES string of the molecule is CF.Cc1cc(C(F)(F)F)cc(C(C)(C)C(=O)N(C)c2cnc(N3CCN(C)CC3)cc2-c2ccccc2C)c1. The lowest BCUT2D eigenvalue weighted by atomic mass is 9.81. The van der Waals surface area contributed by atoms with E-state index in [1.54, 1.807) is 40.1 Å². The van der Waals surface area contributed by atoms with Gasteiger partial charge in [0.15, 0.2) is 0 Å². The molecule has 0 saturated carbocycles. The van der Waals surface area contributed by atoms with E-state index in [2.05, 4.69) is 16.8 Å². The molecule has 0 unspecified atom stereocenters. The van der Waals surface area contributed by atoms with Gasteiger partial charge >= 0.3 is 6.18 Å². The third-order valence-corrected chi connectivity index (χ3v) is 7.46. The van der Waals surface area contributed by atoms with Crippen molar-refractivity contribution >= 4 is 17.4 Å². The van der Waals surface area contributed by atoms with Crippen molar-refractivity contribution in [3.8, 4) is 11.1 Å². The molecule has 1 amide bonds. The van der Waals surface area contributed by atoms with Crippen molar-refractivity contribution in [2.75, 3.05) is 57.3 Å². The Hall–Kier alpha value is -3.46. The van der Waals surface area contributed by atoms with Crippen LogP contribution in [0.4, 0.5) is 29.1 Å². The molecule has 3 aromatic rings. The number of aryl methyl sites for hydroxylation is 2. The number of amides is 1. The topological polar surface area (TPSA) is 39.7 Å². The van der Waals surface area contributed by atoms with E-state index in [9.17, 15) is 22.4 Å². The molecule has 2 heterocycles. The summed E-state index contributed by atoms with van der Waals surface area (Å²) in [7, 11) is 4.26. The summed E-state index contributed by atoms with van der Waals surface area (Å²) in [6.45, 7) is 10.5. The Morgan fingerprint density at radius 2 is 1.50 bits per heavy atom. The molecule has 216 valence electrons. The Morgan fingerprint density at radius 1 is 0.900 bits per heavy atom. The van der Waals surface area contributed by atoms with E-state index < -0.39 is 17.2 Å². The minimum Gasteiger partial charge on any atom is -0.354 e. The molecule has 1 aliphatic heterocycles. The number of likely N-dealkylation sites (N-methyl/N-ethyl adjacent to an activating group) is 2. The quantitative estimate of drug-likeness (QED) is 0.328. The summed E-state index contributed by atoms with van der Waals surface area (Å²) < 4.78 is 50.1. The number of aromatic nitrogens is 1. The molecule has 0 atom stereocenters. The molecule has 0 bridgehead atoms. The van der Waals surface area contributed by atoms with Gasteiger partial charge < -0.3 is 14.7 Å². The number of piperazine rings is 1. The third kappa shape index (κ3) is 6.63. The van der Waals surface area contributed by atoms with Crippen LogP contribution in [0.15, 0.2) is 54.7 Å². The third-order valence-electron chi connectivity index (χ3n) is 7.46. The largest absolute Gasteiger partial charge is 0.416 e. The molecule has 0 aliphatic carbocycles. The van der Waals surface area contributed by atoms with Crippen molar-refractivity contribution in [1.82, 2.24) is 9.88 Å². The molecule has 0 radical (unpaired) electrons. The first-order valence-corrected chi connectivity index (χ1v) is 13.1. The minimum atomic E-state index is -4.49. The van der Waals surface area contributed by atoms with Gasteiger partial charge in [-0.25, -0.2) is 4.98 Å². The molecule has 1 fully saturated rings. The smallest absolute Gasteiger partial charge is 0.354 e. The van der Waals surface area contributed by atoms with Crippen LogP contribution in [0.5, 0.6) is 0 Å². The predicted molar refractivity (Wildman–Crippen MR) is 154 cm³/mol. The maximum atomic E-state index is 13.9. The highest BCUT2D eigenvalue weighted by Gasteiger charge is 2.37. The van der Waals surface area contributed by atoms with E-state index in [-0.39, 0.29) is 5.91 Å². The number of carbonyl (C=O) groups is 1. The van der Waals surface area contributed by atoms with E-state index in [1.807, 2.05) is 37.3 Å². The van der Waals surface area contributed by atoms with Crippen LogP contribution in [0, 0.1) is 13.8 Å². The summed E-state index contributed by atoms with van der Waals surface area (Å²) in [4.78, 5) is 24.7. The van der Waals surface area contributed by atoms with Crippen molar-refractivity contribution in [3.63, 3.8) is 0 Å². The number of nitrogens with zero attached hydrogens (tertiary/aromatic N) is 4. The minimum absolute atomic E-state index is 0.319. The zero-order valence-electron chi connectivity index (χ0n) is 24.2. The van der Waals surface area contributed by atoms with Gasteiger partial charge in [0.05, 0.1) is 30.0 Å². The van der Waals surface area contributed by atoms with Crippen molar-refractivity contribution in [3.05, 3.63) is 77.0 Å². The summed E-state index contributed by atoms with van der Waals surface area (Å²) in [5, 5.41) is 0. The highest BCUT2D eigenvalue weighted by Crippen LogP contribution is 2.38. The van der Waals surface area contributed by atoms with Gasteiger partial charge in [0.1, 0.15) is 5.82 Å². The summed E-state index contributed by atoms with van der Waals surface area (Å²) in [6.07, 6.45) is -2.78. The zero-order valence-corrected chi connectivity index (χ0v) is 24.2. The lowest BCUT2D eigenvalue weighted by molar-refractivity contribution is -0.137. The first-order valence-electron chi connectivity index (χ1n) is 13.1. The van der Waals surface area contributed by atoms with Crippen LogP contribution in [-0.2, 0) is 16.4 Å². The second kappa shape index (κ2) is 12.4. The average Bonchev–Trinajstić information content (AvgIpc) is 2.93. The molecule has 1 saturated heterocycles. The number of hydrogen-bond acceptors (Lipinski definition) is 4.